The molecule has 4 N–H and O–H groups in total. The first kappa shape index (κ1) is 11.8. The minimum atomic E-state index is -0.233. The Morgan fingerprint density at radius 3 is 2.35 bits per heavy atom. The molecule has 0 aliphatic carbocycles. The lowest BCUT2D eigenvalue weighted by Crippen LogP contribution is -2.20. The van der Waals surface area contributed by atoms with Crippen molar-refractivity contribution >= 4 is 0 Å². The van der Waals surface area contributed by atoms with Crippen molar-refractivity contribution in [3.05, 3.63) is 59.9 Å². The molecule has 0 saturated carbocycles. The van der Waals surface area contributed by atoms with Crippen molar-refractivity contribution in [1.29, 1.82) is 0 Å². The van der Waals surface area contributed by atoms with Crippen LogP contribution < -0.4 is 11.5 Å². The fraction of sp³-hybridized carbons (Fsp3) is 0.143. The highest BCUT2D eigenvalue weighted by atomic mass is 19.1. The number of nitrogens with two attached hydrogens (primary N) is 2. The summed E-state index contributed by atoms with van der Waals surface area (Å²) in [5, 5.41) is 0. The summed E-state index contributed by atoms with van der Waals surface area (Å²) < 4.78 is 12.8. The van der Waals surface area contributed by atoms with Crippen LogP contribution in [0.1, 0.15) is 11.6 Å². The van der Waals surface area contributed by atoms with E-state index in [2.05, 4.69) is 0 Å². The van der Waals surface area contributed by atoms with Gasteiger partial charge in [-0.1, -0.05) is 30.3 Å². The first-order valence-electron chi connectivity index (χ1n) is 5.52. The van der Waals surface area contributed by atoms with Crippen molar-refractivity contribution in [1.82, 2.24) is 0 Å². The second-order valence-electron chi connectivity index (χ2n) is 3.97. The van der Waals surface area contributed by atoms with E-state index in [9.17, 15) is 4.39 Å². The summed E-state index contributed by atoms with van der Waals surface area (Å²) in [5.74, 6) is -0.233. The summed E-state index contributed by atoms with van der Waals surface area (Å²) in [6, 6.07) is 14.1. The molecular weight excluding hydrogens is 215 g/mol. The van der Waals surface area contributed by atoms with Crippen LogP contribution in [0.25, 0.3) is 11.1 Å². The summed E-state index contributed by atoms with van der Waals surface area (Å²) in [5.41, 5.74) is 14.4. The SMILES string of the molecule is NC[C@@H](N)c1cccc(-c2ccc(F)cc2)c1. The third-order valence-corrected chi connectivity index (χ3v) is 2.75. The number of halogens is 1. The van der Waals surface area contributed by atoms with E-state index in [0.717, 1.165) is 16.7 Å². The molecule has 0 unspecified atom stereocenters. The van der Waals surface area contributed by atoms with E-state index in [1.54, 1.807) is 12.1 Å². The second-order valence-corrected chi connectivity index (χ2v) is 3.97. The predicted molar refractivity (Wildman–Crippen MR) is 67.8 cm³/mol. The lowest BCUT2D eigenvalue weighted by atomic mass is 10.00. The fourth-order valence-corrected chi connectivity index (χ4v) is 1.73. The van der Waals surface area contributed by atoms with Gasteiger partial charge in [-0.3, -0.25) is 0 Å². The molecule has 0 radical (unpaired) electrons. The zero-order valence-electron chi connectivity index (χ0n) is 9.44. The van der Waals surface area contributed by atoms with E-state index in [4.69, 9.17) is 11.5 Å². The maximum absolute atomic E-state index is 12.8. The molecular formula is C14H15FN2. The van der Waals surface area contributed by atoms with E-state index < -0.39 is 0 Å². The van der Waals surface area contributed by atoms with E-state index >= 15 is 0 Å². The molecule has 88 valence electrons. The maximum Gasteiger partial charge on any atom is 0.123 e. The third-order valence-electron chi connectivity index (χ3n) is 2.75. The molecule has 0 amide bonds. The Kier molecular flexibility index (Phi) is 3.52. The molecule has 0 aromatic heterocycles. The highest BCUT2D eigenvalue weighted by Crippen LogP contribution is 2.22. The zero-order valence-corrected chi connectivity index (χ0v) is 9.44. The fourth-order valence-electron chi connectivity index (χ4n) is 1.73. The summed E-state index contributed by atoms with van der Waals surface area (Å²) in [4.78, 5) is 0. The molecule has 0 fully saturated rings. The lowest BCUT2D eigenvalue weighted by molar-refractivity contribution is 0.628. The van der Waals surface area contributed by atoms with Crippen molar-refractivity contribution in [3.63, 3.8) is 0 Å². The Morgan fingerprint density at radius 1 is 1.00 bits per heavy atom. The zero-order chi connectivity index (χ0) is 12.3. The molecule has 0 aliphatic rings. The van der Waals surface area contributed by atoms with Gasteiger partial charge in [0.15, 0.2) is 0 Å². The van der Waals surface area contributed by atoms with E-state index in [1.807, 2.05) is 24.3 Å². The Bertz CT molecular complexity index is 494. The molecule has 2 aromatic rings. The minimum absolute atomic E-state index is 0.157. The average Bonchev–Trinajstić information content (AvgIpc) is 2.39. The second kappa shape index (κ2) is 5.08. The molecule has 2 nitrogen and oxygen atoms in total. The van der Waals surface area contributed by atoms with Crippen molar-refractivity contribution < 1.29 is 4.39 Å². The van der Waals surface area contributed by atoms with Gasteiger partial charge in [-0.05, 0) is 34.9 Å². The summed E-state index contributed by atoms with van der Waals surface area (Å²) >= 11 is 0. The predicted octanol–water partition coefficient (Wildman–Crippen LogP) is 2.45. The molecule has 0 spiro atoms. The lowest BCUT2D eigenvalue weighted by Gasteiger charge is -2.11. The molecule has 0 bridgehead atoms. The van der Waals surface area contributed by atoms with Crippen molar-refractivity contribution in [2.24, 2.45) is 11.5 Å². The van der Waals surface area contributed by atoms with Gasteiger partial charge < -0.3 is 11.5 Å². The topological polar surface area (TPSA) is 52.0 Å². The highest BCUT2D eigenvalue weighted by Gasteiger charge is 2.05. The van der Waals surface area contributed by atoms with E-state index in [-0.39, 0.29) is 11.9 Å². The standard InChI is InChI=1S/C14H15FN2/c15-13-6-4-10(5-7-13)11-2-1-3-12(8-11)14(17)9-16/h1-8,14H,9,16-17H2/t14-/m1/s1. The summed E-state index contributed by atoms with van der Waals surface area (Å²) in [6.07, 6.45) is 0. The van der Waals surface area contributed by atoms with Crippen molar-refractivity contribution in [2.75, 3.05) is 6.54 Å². The monoisotopic (exact) mass is 230 g/mol. The van der Waals surface area contributed by atoms with E-state index in [0.29, 0.717) is 6.54 Å². The number of rotatable bonds is 3. The van der Waals surface area contributed by atoms with Crippen molar-refractivity contribution in [2.45, 2.75) is 6.04 Å². The Morgan fingerprint density at radius 2 is 1.71 bits per heavy atom. The molecule has 0 aliphatic heterocycles. The van der Waals surface area contributed by atoms with Gasteiger partial charge in [-0.2, -0.15) is 0 Å². The smallest absolute Gasteiger partial charge is 0.123 e. The van der Waals surface area contributed by atoms with Crippen LogP contribution in [0.15, 0.2) is 48.5 Å². The van der Waals surface area contributed by atoms with Gasteiger partial charge >= 0.3 is 0 Å². The van der Waals surface area contributed by atoms with Crippen LogP contribution >= 0.6 is 0 Å². The van der Waals surface area contributed by atoms with Gasteiger partial charge in [0.1, 0.15) is 5.82 Å². The van der Waals surface area contributed by atoms with Gasteiger partial charge in [0.2, 0.25) is 0 Å². The maximum atomic E-state index is 12.8. The van der Waals surface area contributed by atoms with Crippen LogP contribution in [0, 0.1) is 5.82 Å². The van der Waals surface area contributed by atoms with E-state index in [1.165, 1.54) is 12.1 Å². The van der Waals surface area contributed by atoms with Crippen LogP contribution in [0.2, 0.25) is 0 Å². The Hall–Kier alpha value is -1.71. The molecule has 3 heteroatoms. The minimum Gasteiger partial charge on any atom is -0.329 e. The van der Waals surface area contributed by atoms with Gasteiger partial charge in [0.05, 0.1) is 0 Å². The largest absolute Gasteiger partial charge is 0.329 e. The van der Waals surface area contributed by atoms with Crippen LogP contribution in [-0.2, 0) is 0 Å². The molecule has 2 aromatic carbocycles. The molecule has 0 saturated heterocycles. The van der Waals surface area contributed by atoms with Crippen LogP contribution in [0.5, 0.6) is 0 Å². The summed E-state index contributed by atoms with van der Waals surface area (Å²) in [7, 11) is 0. The molecule has 0 heterocycles. The van der Waals surface area contributed by atoms with Gasteiger partial charge in [0.25, 0.3) is 0 Å². The van der Waals surface area contributed by atoms with Crippen LogP contribution in [0.3, 0.4) is 0 Å². The van der Waals surface area contributed by atoms with Gasteiger partial charge in [-0.15, -0.1) is 0 Å². The first-order valence-corrected chi connectivity index (χ1v) is 5.52. The normalized spacial score (nSPS) is 12.4. The Balaban J connectivity index is 2.36. The third kappa shape index (κ3) is 2.70. The molecule has 1 atom stereocenters. The summed E-state index contributed by atoms with van der Waals surface area (Å²) in [6.45, 7) is 0.410. The Labute approximate surface area is 100 Å². The van der Waals surface area contributed by atoms with Gasteiger partial charge in [0, 0.05) is 12.6 Å². The first-order chi connectivity index (χ1) is 8.20. The highest BCUT2D eigenvalue weighted by molar-refractivity contribution is 5.64. The van der Waals surface area contributed by atoms with Crippen LogP contribution in [0.4, 0.5) is 4.39 Å². The average molecular weight is 230 g/mol. The number of hydrogen-bond donors (Lipinski definition) is 2. The quantitative estimate of drug-likeness (QED) is 0.851. The van der Waals surface area contributed by atoms with Crippen molar-refractivity contribution in [3.8, 4) is 11.1 Å². The van der Waals surface area contributed by atoms with Crippen LogP contribution in [-0.4, -0.2) is 6.54 Å². The van der Waals surface area contributed by atoms with Gasteiger partial charge in [-0.25, -0.2) is 4.39 Å². The number of benzene rings is 2. The number of hydrogen-bond acceptors (Lipinski definition) is 2. The molecule has 17 heavy (non-hydrogen) atoms. The molecule has 2 rings (SSSR count).